The first kappa shape index (κ1) is 17.7. The Kier molecular flexibility index (Phi) is 5.17. The number of rotatable bonds is 5. The molecule has 3 N–H and O–H groups in total. The zero-order chi connectivity index (χ0) is 18.6. The van der Waals surface area contributed by atoms with Crippen molar-refractivity contribution in [3.05, 3.63) is 42.2 Å². The number of pyridine rings is 1. The third-order valence-electron chi connectivity index (χ3n) is 4.41. The van der Waals surface area contributed by atoms with Crippen molar-refractivity contribution in [3.8, 4) is 11.5 Å². The van der Waals surface area contributed by atoms with E-state index in [-0.39, 0.29) is 5.91 Å². The van der Waals surface area contributed by atoms with Crippen LogP contribution in [0.5, 0.6) is 11.5 Å². The molecule has 3 heterocycles. The van der Waals surface area contributed by atoms with E-state index in [1.165, 1.54) is 6.42 Å². The molecule has 1 fully saturated rings. The number of nitrogens with one attached hydrogen (secondary N) is 3. The Hall–Kier alpha value is -2.71. The number of piperidine rings is 1. The van der Waals surface area contributed by atoms with Gasteiger partial charge in [-0.2, -0.15) is 0 Å². The number of ether oxygens (including phenoxy) is 1. The number of hydrogen-bond acceptors (Lipinski definition) is 7. The van der Waals surface area contributed by atoms with Gasteiger partial charge in [0.2, 0.25) is 0 Å². The second-order valence-electron chi connectivity index (χ2n) is 6.39. The molecule has 1 atom stereocenters. The molecule has 27 heavy (non-hydrogen) atoms. The number of carbonyl (C=O) groups excluding carboxylic acids is 1. The molecule has 7 nitrogen and oxygen atoms in total. The number of amides is 1. The lowest BCUT2D eigenvalue weighted by atomic mass is 10.1. The molecule has 0 bridgehead atoms. The highest BCUT2D eigenvalue weighted by Gasteiger charge is 2.15. The first-order valence-corrected chi connectivity index (χ1v) is 9.77. The summed E-state index contributed by atoms with van der Waals surface area (Å²) in [5.41, 5.74) is 1.26. The minimum Gasteiger partial charge on any atom is -0.457 e. The quantitative estimate of drug-likeness (QED) is 0.628. The van der Waals surface area contributed by atoms with Gasteiger partial charge in [-0.3, -0.25) is 9.78 Å². The van der Waals surface area contributed by atoms with E-state index < -0.39 is 0 Å². The van der Waals surface area contributed by atoms with Crippen LogP contribution in [0.2, 0.25) is 0 Å². The summed E-state index contributed by atoms with van der Waals surface area (Å²) in [6.45, 7) is 2.06. The average molecular weight is 383 g/mol. The maximum Gasteiger partial charge on any atom is 0.269 e. The highest BCUT2D eigenvalue weighted by molar-refractivity contribution is 7.22. The molecule has 0 spiro atoms. The third-order valence-corrected chi connectivity index (χ3v) is 5.36. The number of fused-ring (bicyclic) bond motifs is 1. The lowest BCUT2D eigenvalue weighted by Crippen LogP contribution is -2.38. The number of anilines is 1. The maximum absolute atomic E-state index is 11.7. The topological polar surface area (TPSA) is 88.2 Å². The van der Waals surface area contributed by atoms with Crippen LogP contribution in [-0.2, 0) is 0 Å². The molecule has 8 heteroatoms. The van der Waals surface area contributed by atoms with Gasteiger partial charge < -0.3 is 20.7 Å². The minimum absolute atomic E-state index is 0.244. The lowest BCUT2D eigenvalue weighted by Gasteiger charge is -2.23. The Labute approximate surface area is 161 Å². The molecular formula is C19H21N5O2S. The number of thiazole rings is 1. The smallest absolute Gasteiger partial charge is 0.269 e. The van der Waals surface area contributed by atoms with Gasteiger partial charge in [0.1, 0.15) is 17.2 Å². The van der Waals surface area contributed by atoms with Crippen molar-refractivity contribution in [2.75, 3.05) is 25.5 Å². The van der Waals surface area contributed by atoms with Crippen LogP contribution in [0.3, 0.4) is 0 Å². The molecule has 0 saturated carbocycles. The summed E-state index contributed by atoms with van der Waals surface area (Å²) >= 11 is 1.62. The second kappa shape index (κ2) is 7.89. The van der Waals surface area contributed by atoms with E-state index in [0.29, 0.717) is 23.2 Å². The molecule has 1 amide bonds. The number of hydrogen-bond donors (Lipinski definition) is 3. The molecule has 1 aliphatic heterocycles. The standard InChI is InChI=1S/C19H21N5O2S/c1-20-18(25)16-9-14(6-8-22-16)26-13-4-5-15-17(10-13)27-19(24-15)23-12-3-2-7-21-11-12/h4-6,8-10,12,21H,2-3,7,11H2,1H3,(H,20,25)(H,23,24)/t12-/m1/s1. The summed E-state index contributed by atoms with van der Waals surface area (Å²) in [5, 5.41) is 10.4. The average Bonchev–Trinajstić information content (AvgIpc) is 3.10. The van der Waals surface area contributed by atoms with E-state index in [1.54, 1.807) is 36.7 Å². The molecule has 0 radical (unpaired) electrons. The highest BCUT2D eigenvalue weighted by Crippen LogP contribution is 2.32. The van der Waals surface area contributed by atoms with E-state index >= 15 is 0 Å². The van der Waals surface area contributed by atoms with E-state index in [0.717, 1.165) is 34.9 Å². The van der Waals surface area contributed by atoms with Crippen LogP contribution in [0.4, 0.5) is 5.13 Å². The molecule has 2 aromatic heterocycles. The Balaban J connectivity index is 1.50. The summed E-state index contributed by atoms with van der Waals surface area (Å²) in [5.74, 6) is 1.02. The van der Waals surface area contributed by atoms with Gasteiger partial charge in [-0.15, -0.1) is 0 Å². The molecule has 1 aliphatic rings. The van der Waals surface area contributed by atoms with Gasteiger partial charge in [-0.05, 0) is 37.6 Å². The van der Waals surface area contributed by atoms with Crippen molar-refractivity contribution in [1.82, 2.24) is 20.6 Å². The Bertz CT molecular complexity index is 952. The molecule has 3 aromatic rings. The number of aromatic nitrogens is 2. The van der Waals surface area contributed by atoms with Crippen LogP contribution < -0.4 is 20.7 Å². The van der Waals surface area contributed by atoms with Crippen molar-refractivity contribution >= 4 is 32.6 Å². The molecule has 0 unspecified atom stereocenters. The maximum atomic E-state index is 11.7. The monoisotopic (exact) mass is 383 g/mol. The van der Waals surface area contributed by atoms with Gasteiger partial charge in [0.15, 0.2) is 5.13 Å². The van der Waals surface area contributed by atoms with Crippen LogP contribution in [0.25, 0.3) is 10.2 Å². The normalized spacial score (nSPS) is 16.9. The van der Waals surface area contributed by atoms with Crippen LogP contribution in [0.15, 0.2) is 36.5 Å². The van der Waals surface area contributed by atoms with E-state index in [2.05, 4.69) is 25.9 Å². The number of nitrogens with zero attached hydrogens (tertiary/aromatic N) is 2. The summed E-state index contributed by atoms with van der Waals surface area (Å²) in [6, 6.07) is 9.58. The minimum atomic E-state index is -0.244. The van der Waals surface area contributed by atoms with Crippen LogP contribution in [0, 0.1) is 0 Å². The summed E-state index contributed by atoms with van der Waals surface area (Å²) < 4.78 is 6.96. The molecular weight excluding hydrogens is 362 g/mol. The fourth-order valence-corrected chi connectivity index (χ4v) is 4.01. The first-order valence-electron chi connectivity index (χ1n) is 8.95. The second-order valence-corrected chi connectivity index (χ2v) is 7.42. The van der Waals surface area contributed by atoms with Gasteiger partial charge in [0, 0.05) is 38.0 Å². The van der Waals surface area contributed by atoms with Crippen molar-refractivity contribution in [2.24, 2.45) is 0 Å². The van der Waals surface area contributed by atoms with Crippen LogP contribution >= 0.6 is 11.3 Å². The Morgan fingerprint density at radius 3 is 3.00 bits per heavy atom. The molecule has 140 valence electrons. The highest BCUT2D eigenvalue weighted by atomic mass is 32.1. The largest absolute Gasteiger partial charge is 0.457 e. The predicted octanol–water partition coefficient (Wildman–Crippen LogP) is 3.01. The summed E-state index contributed by atoms with van der Waals surface area (Å²) in [6.07, 6.45) is 3.91. The summed E-state index contributed by atoms with van der Waals surface area (Å²) in [7, 11) is 1.57. The molecule has 1 saturated heterocycles. The van der Waals surface area contributed by atoms with E-state index in [9.17, 15) is 4.79 Å². The van der Waals surface area contributed by atoms with Crippen molar-refractivity contribution in [2.45, 2.75) is 18.9 Å². The molecule has 4 rings (SSSR count). The van der Waals surface area contributed by atoms with Crippen LogP contribution in [0.1, 0.15) is 23.3 Å². The summed E-state index contributed by atoms with van der Waals surface area (Å²) in [4.78, 5) is 20.4. The van der Waals surface area contributed by atoms with Crippen molar-refractivity contribution < 1.29 is 9.53 Å². The van der Waals surface area contributed by atoms with Crippen molar-refractivity contribution in [1.29, 1.82) is 0 Å². The Morgan fingerprint density at radius 1 is 1.30 bits per heavy atom. The van der Waals surface area contributed by atoms with Crippen molar-refractivity contribution in [3.63, 3.8) is 0 Å². The van der Waals surface area contributed by atoms with Gasteiger partial charge in [0.05, 0.1) is 10.2 Å². The van der Waals surface area contributed by atoms with E-state index in [4.69, 9.17) is 4.74 Å². The van der Waals surface area contributed by atoms with Gasteiger partial charge >= 0.3 is 0 Å². The number of benzene rings is 1. The number of carbonyl (C=O) groups is 1. The van der Waals surface area contributed by atoms with Crippen LogP contribution in [-0.4, -0.2) is 42.1 Å². The van der Waals surface area contributed by atoms with E-state index in [1.807, 2.05) is 18.2 Å². The zero-order valence-electron chi connectivity index (χ0n) is 15.0. The Morgan fingerprint density at radius 2 is 2.19 bits per heavy atom. The lowest BCUT2D eigenvalue weighted by molar-refractivity contribution is 0.0958. The fraction of sp³-hybridized carbons (Fsp3) is 0.316. The van der Waals surface area contributed by atoms with Gasteiger partial charge in [-0.1, -0.05) is 11.3 Å². The van der Waals surface area contributed by atoms with Gasteiger partial charge in [0.25, 0.3) is 5.91 Å². The third kappa shape index (κ3) is 4.17. The predicted molar refractivity (Wildman–Crippen MR) is 107 cm³/mol. The first-order chi connectivity index (χ1) is 13.2. The molecule has 0 aliphatic carbocycles. The zero-order valence-corrected chi connectivity index (χ0v) is 15.8. The fourth-order valence-electron chi connectivity index (χ4n) is 3.04. The molecule has 1 aromatic carbocycles. The SMILES string of the molecule is CNC(=O)c1cc(Oc2ccc3nc(N[C@@H]4CCCNC4)sc3c2)ccn1. The van der Waals surface area contributed by atoms with Gasteiger partial charge in [-0.25, -0.2) is 4.98 Å².